The van der Waals surface area contributed by atoms with E-state index in [9.17, 15) is 14.4 Å². The zero-order valence-corrected chi connectivity index (χ0v) is 22.0. The van der Waals surface area contributed by atoms with Crippen molar-refractivity contribution in [3.63, 3.8) is 0 Å². The van der Waals surface area contributed by atoms with Gasteiger partial charge in [0.2, 0.25) is 0 Å². The van der Waals surface area contributed by atoms with Gasteiger partial charge in [0.1, 0.15) is 13.2 Å². The van der Waals surface area contributed by atoms with Gasteiger partial charge >= 0.3 is 11.9 Å². The molecule has 38 heavy (non-hydrogen) atoms. The summed E-state index contributed by atoms with van der Waals surface area (Å²) in [7, 11) is 0. The van der Waals surface area contributed by atoms with Gasteiger partial charge in [0.05, 0.1) is 22.4 Å². The number of ether oxygens (including phenoxy) is 2. The Morgan fingerprint density at radius 2 is 1.34 bits per heavy atom. The van der Waals surface area contributed by atoms with Crippen LogP contribution >= 0.6 is 0 Å². The first-order valence-corrected chi connectivity index (χ1v) is 12.7. The lowest BCUT2D eigenvalue weighted by Crippen LogP contribution is -2.30. The molecule has 0 aliphatic rings. The van der Waals surface area contributed by atoms with Crippen LogP contribution in [0, 0.1) is 5.41 Å². The van der Waals surface area contributed by atoms with Crippen LogP contribution in [0.1, 0.15) is 60.7 Å². The van der Waals surface area contributed by atoms with Gasteiger partial charge in [-0.05, 0) is 80.4 Å². The Bertz CT molecular complexity index is 1240. The van der Waals surface area contributed by atoms with Gasteiger partial charge in [0, 0.05) is 11.3 Å². The summed E-state index contributed by atoms with van der Waals surface area (Å²) in [5.74, 6) is -1.15. The number of nitrogens with one attached hydrogen (secondary N) is 1. The van der Waals surface area contributed by atoms with E-state index >= 15 is 0 Å². The summed E-state index contributed by atoms with van der Waals surface area (Å²) >= 11 is 0. The van der Waals surface area contributed by atoms with E-state index < -0.39 is 11.4 Å². The molecule has 0 fully saturated rings. The predicted octanol–water partition coefficient (Wildman–Crippen LogP) is 7.27. The zero-order valence-electron chi connectivity index (χ0n) is 22.0. The molecular formula is C30H33N3O5. The second-order valence-electron chi connectivity index (χ2n) is 9.05. The summed E-state index contributed by atoms with van der Waals surface area (Å²) in [4.78, 5) is 37.2. The number of carbonyl (C=O) groups excluding carboxylic acids is 3. The fraction of sp³-hybridized carbons (Fsp3) is 0.300. The molecule has 0 aromatic heterocycles. The molecule has 0 aliphatic carbocycles. The number of hydrogen-bond donors (Lipinski definition) is 1. The van der Waals surface area contributed by atoms with Crippen molar-refractivity contribution >= 4 is 34.9 Å². The van der Waals surface area contributed by atoms with E-state index in [1.54, 1.807) is 36.4 Å². The molecule has 3 aromatic carbocycles. The number of hydrogen-bond acceptors (Lipinski definition) is 7. The predicted molar refractivity (Wildman–Crippen MR) is 146 cm³/mol. The minimum absolute atomic E-state index is 0.00319. The van der Waals surface area contributed by atoms with Crippen LogP contribution in [0.15, 0.2) is 89.1 Å². The number of rotatable bonds is 12. The molecule has 1 atom stereocenters. The third-order valence-electron chi connectivity index (χ3n) is 6.17. The van der Waals surface area contributed by atoms with E-state index in [1.165, 1.54) is 12.1 Å². The van der Waals surface area contributed by atoms with E-state index in [0.29, 0.717) is 28.9 Å². The van der Waals surface area contributed by atoms with Gasteiger partial charge in [0.15, 0.2) is 0 Å². The Morgan fingerprint density at radius 3 is 1.95 bits per heavy atom. The minimum Gasteiger partial charge on any atom is -0.462 e. The zero-order chi connectivity index (χ0) is 27.4. The number of benzene rings is 3. The van der Waals surface area contributed by atoms with Crippen molar-refractivity contribution in [2.45, 2.75) is 40.0 Å². The van der Waals surface area contributed by atoms with Crippen molar-refractivity contribution in [3.8, 4) is 0 Å². The fourth-order valence-electron chi connectivity index (χ4n) is 3.68. The smallest absolute Gasteiger partial charge is 0.338 e. The van der Waals surface area contributed by atoms with Gasteiger partial charge < -0.3 is 14.8 Å². The SMILES string of the molecule is CCCC(C)(CC)C(=O)OCCOC(=O)c1ccc(C(=O)Nc2ccc(N=Nc3ccccc3)cc2)cc1. The summed E-state index contributed by atoms with van der Waals surface area (Å²) in [6, 6.07) is 22.5. The van der Waals surface area contributed by atoms with Crippen LogP contribution in [0.3, 0.4) is 0 Å². The van der Waals surface area contributed by atoms with Crippen LogP contribution in [0.25, 0.3) is 0 Å². The van der Waals surface area contributed by atoms with Gasteiger partial charge in [-0.3, -0.25) is 9.59 Å². The number of esters is 2. The minimum atomic E-state index is -0.555. The van der Waals surface area contributed by atoms with Crippen LogP contribution in [0.4, 0.5) is 17.1 Å². The fourth-order valence-corrected chi connectivity index (χ4v) is 3.68. The highest BCUT2D eigenvalue weighted by atomic mass is 16.6. The Labute approximate surface area is 223 Å². The van der Waals surface area contributed by atoms with Gasteiger partial charge in [-0.25, -0.2) is 4.79 Å². The number of nitrogens with zero attached hydrogens (tertiary/aromatic N) is 2. The first-order valence-electron chi connectivity index (χ1n) is 12.7. The molecule has 8 nitrogen and oxygen atoms in total. The van der Waals surface area contributed by atoms with E-state index in [2.05, 4.69) is 15.5 Å². The lowest BCUT2D eigenvalue weighted by molar-refractivity contribution is -0.156. The van der Waals surface area contributed by atoms with Crippen LogP contribution in [0.5, 0.6) is 0 Å². The molecule has 0 bridgehead atoms. The lowest BCUT2D eigenvalue weighted by Gasteiger charge is -2.25. The van der Waals surface area contributed by atoms with Crippen LogP contribution in [-0.4, -0.2) is 31.1 Å². The molecule has 0 aliphatic heterocycles. The van der Waals surface area contributed by atoms with Crippen molar-refractivity contribution in [3.05, 3.63) is 90.0 Å². The molecule has 0 spiro atoms. The molecule has 1 amide bonds. The highest BCUT2D eigenvalue weighted by Gasteiger charge is 2.31. The third-order valence-corrected chi connectivity index (χ3v) is 6.17. The Morgan fingerprint density at radius 1 is 0.763 bits per heavy atom. The highest BCUT2D eigenvalue weighted by Crippen LogP contribution is 2.29. The maximum Gasteiger partial charge on any atom is 0.338 e. The van der Waals surface area contributed by atoms with Crippen LogP contribution in [0.2, 0.25) is 0 Å². The first-order chi connectivity index (χ1) is 18.3. The summed E-state index contributed by atoms with van der Waals surface area (Å²) in [5, 5.41) is 11.2. The molecule has 0 saturated carbocycles. The standard InChI is InChI=1S/C30H33N3O5/c1-4-19-30(3,5-2)29(36)38-21-20-37-28(35)23-13-11-22(12-14-23)27(34)31-24-15-17-26(18-16-24)33-32-25-9-7-6-8-10-25/h6-18H,4-5,19-21H2,1-3H3,(H,31,34). The average molecular weight is 516 g/mol. The Hall–Kier alpha value is -4.33. The largest absolute Gasteiger partial charge is 0.462 e. The molecule has 198 valence electrons. The van der Waals surface area contributed by atoms with Crippen molar-refractivity contribution in [1.29, 1.82) is 0 Å². The molecule has 8 heteroatoms. The first kappa shape index (κ1) is 28.2. The van der Waals surface area contributed by atoms with Gasteiger partial charge in [-0.2, -0.15) is 10.2 Å². The average Bonchev–Trinajstić information content (AvgIpc) is 2.95. The Balaban J connectivity index is 1.46. The molecule has 1 N–H and O–H groups in total. The summed E-state index contributed by atoms with van der Waals surface area (Å²) < 4.78 is 10.5. The summed E-state index contributed by atoms with van der Waals surface area (Å²) in [5.41, 5.74) is 2.17. The maximum atomic E-state index is 12.6. The van der Waals surface area contributed by atoms with Gasteiger partial charge in [-0.15, -0.1) is 0 Å². The van der Waals surface area contributed by atoms with Crippen molar-refractivity contribution < 1.29 is 23.9 Å². The van der Waals surface area contributed by atoms with Crippen molar-refractivity contribution in [2.24, 2.45) is 15.6 Å². The van der Waals surface area contributed by atoms with E-state index in [1.807, 2.05) is 51.1 Å². The monoisotopic (exact) mass is 515 g/mol. The quantitative estimate of drug-likeness (QED) is 0.155. The number of carbonyl (C=O) groups is 3. The highest BCUT2D eigenvalue weighted by molar-refractivity contribution is 6.04. The molecule has 3 rings (SSSR count). The topological polar surface area (TPSA) is 106 Å². The summed E-state index contributed by atoms with van der Waals surface area (Å²) in [6.45, 7) is 5.82. The maximum absolute atomic E-state index is 12.6. The number of amides is 1. The second-order valence-corrected chi connectivity index (χ2v) is 9.05. The van der Waals surface area contributed by atoms with Crippen molar-refractivity contribution in [1.82, 2.24) is 0 Å². The summed E-state index contributed by atoms with van der Waals surface area (Å²) in [6.07, 6.45) is 2.32. The van der Waals surface area contributed by atoms with E-state index in [-0.39, 0.29) is 25.1 Å². The van der Waals surface area contributed by atoms with Gasteiger partial charge in [-0.1, -0.05) is 38.5 Å². The van der Waals surface area contributed by atoms with Gasteiger partial charge in [0.25, 0.3) is 5.91 Å². The van der Waals surface area contributed by atoms with Crippen molar-refractivity contribution in [2.75, 3.05) is 18.5 Å². The van der Waals surface area contributed by atoms with Crippen LogP contribution < -0.4 is 5.32 Å². The second kappa shape index (κ2) is 13.8. The molecule has 3 aromatic rings. The van der Waals surface area contributed by atoms with E-state index in [0.717, 1.165) is 18.5 Å². The molecule has 1 unspecified atom stereocenters. The Kier molecular flexibility index (Phi) is 10.3. The number of anilines is 1. The molecular weight excluding hydrogens is 482 g/mol. The van der Waals surface area contributed by atoms with E-state index in [4.69, 9.17) is 9.47 Å². The van der Waals surface area contributed by atoms with Crippen LogP contribution in [-0.2, 0) is 14.3 Å². The molecule has 0 saturated heterocycles. The third kappa shape index (κ3) is 8.09. The normalized spacial score (nSPS) is 12.5. The molecule has 0 radical (unpaired) electrons. The number of azo groups is 1. The lowest BCUT2D eigenvalue weighted by atomic mass is 9.83. The molecule has 0 heterocycles.